The minimum absolute atomic E-state index is 0.278. The Morgan fingerprint density at radius 3 is 2.47 bits per heavy atom. The van der Waals surface area contributed by atoms with Crippen LogP contribution in [0.15, 0.2) is 12.7 Å². The third-order valence-corrected chi connectivity index (χ3v) is 3.71. The molecule has 0 radical (unpaired) electrons. The highest BCUT2D eigenvalue weighted by Crippen LogP contribution is 2.50. The van der Waals surface area contributed by atoms with Crippen LogP contribution in [0.4, 0.5) is 0 Å². The molecule has 0 amide bonds. The third-order valence-electron chi connectivity index (χ3n) is 3.71. The number of hydrogen-bond acceptors (Lipinski definition) is 2. The van der Waals surface area contributed by atoms with Crippen LogP contribution in [0.5, 0.6) is 0 Å². The molecule has 1 fully saturated rings. The zero-order chi connectivity index (χ0) is 12.6. The van der Waals surface area contributed by atoms with Gasteiger partial charge in [0.05, 0.1) is 6.61 Å². The second kappa shape index (κ2) is 7.52. The summed E-state index contributed by atoms with van der Waals surface area (Å²) in [7, 11) is 0. The lowest BCUT2D eigenvalue weighted by Gasteiger charge is -2.14. The maximum atomic E-state index is 11.0. The molecular weight excluding hydrogens is 212 g/mol. The van der Waals surface area contributed by atoms with Crippen LogP contribution in [-0.4, -0.2) is 12.6 Å². The smallest absolute Gasteiger partial charge is 0.330 e. The van der Waals surface area contributed by atoms with Gasteiger partial charge in [-0.3, -0.25) is 0 Å². The fraction of sp³-hybridized carbons (Fsp3) is 0.800. The Balaban J connectivity index is 2.01. The zero-order valence-corrected chi connectivity index (χ0v) is 11.2. The Bertz CT molecular complexity index is 241. The van der Waals surface area contributed by atoms with Crippen molar-refractivity contribution < 1.29 is 9.53 Å². The first-order chi connectivity index (χ1) is 8.22. The molecule has 0 unspecified atom stereocenters. The summed E-state index contributed by atoms with van der Waals surface area (Å²) in [6.07, 6.45) is 12.9. The third kappa shape index (κ3) is 5.90. The normalized spacial score (nSPS) is 16.5. The van der Waals surface area contributed by atoms with E-state index in [2.05, 4.69) is 13.5 Å². The van der Waals surface area contributed by atoms with E-state index < -0.39 is 0 Å². The molecule has 0 N–H and O–H groups in total. The molecule has 0 aliphatic heterocycles. The molecule has 98 valence electrons. The lowest BCUT2D eigenvalue weighted by Crippen LogP contribution is -2.13. The van der Waals surface area contributed by atoms with Gasteiger partial charge in [-0.2, -0.15) is 0 Å². The van der Waals surface area contributed by atoms with E-state index in [-0.39, 0.29) is 5.97 Å². The molecule has 0 spiro atoms. The van der Waals surface area contributed by atoms with Gasteiger partial charge in [0.1, 0.15) is 0 Å². The summed E-state index contributed by atoms with van der Waals surface area (Å²) in [6.45, 7) is 6.26. The van der Waals surface area contributed by atoms with Crippen molar-refractivity contribution in [2.45, 2.75) is 64.7 Å². The molecule has 1 saturated carbocycles. The molecule has 0 saturated heterocycles. The first kappa shape index (κ1) is 14.3. The van der Waals surface area contributed by atoms with Crippen LogP contribution in [0.3, 0.4) is 0 Å². The predicted octanol–water partition coefficient (Wildman–Crippen LogP) is 4.25. The largest absolute Gasteiger partial charge is 0.462 e. The van der Waals surface area contributed by atoms with Gasteiger partial charge in [0.2, 0.25) is 0 Å². The van der Waals surface area contributed by atoms with Crippen molar-refractivity contribution in [3.05, 3.63) is 12.7 Å². The SMILES string of the molecule is C=CC(=O)OCC1(CCCCCCCC)CC1. The van der Waals surface area contributed by atoms with Crippen molar-refractivity contribution in [2.24, 2.45) is 5.41 Å². The summed E-state index contributed by atoms with van der Waals surface area (Å²) >= 11 is 0. The number of esters is 1. The van der Waals surface area contributed by atoms with Gasteiger partial charge in [-0.05, 0) is 19.3 Å². The standard InChI is InChI=1S/C15H26O2/c1-3-5-6-7-8-9-10-15(11-12-15)13-17-14(16)4-2/h4H,2-3,5-13H2,1H3. The molecule has 1 aliphatic carbocycles. The summed E-state index contributed by atoms with van der Waals surface area (Å²) in [4.78, 5) is 11.0. The summed E-state index contributed by atoms with van der Waals surface area (Å²) in [6, 6.07) is 0. The van der Waals surface area contributed by atoms with Crippen LogP contribution >= 0.6 is 0 Å². The van der Waals surface area contributed by atoms with Gasteiger partial charge in [-0.1, -0.05) is 52.0 Å². The fourth-order valence-electron chi connectivity index (χ4n) is 2.21. The van der Waals surface area contributed by atoms with E-state index in [1.165, 1.54) is 63.9 Å². The van der Waals surface area contributed by atoms with Crippen molar-refractivity contribution >= 4 is 5.97 Å². The highest BCUT2D eigenvalue weighted by atomic mass is 16.5. The summed E-state index contributed by atoms with van der Waals surface area (Å²) < 4.78 is 5.16. The van der Waals surface area contributed by atoms with Crippen LogP contribution in [0.1, 0.15) is 64.7 Å². The van der Waals surface area contributed by atoms with Crippen LogP contribution in [0.2, 0.25) is 0 Å². The first-order valence-corrected chi connectivity index (χ1v) is 7.02. The van der Waals surface area contributed by atoms with Crippen LogP contribution in [0.25, 0.3) is 0 Å². The number of ether oxygens (including phenoxy) is 1. The lowest BCUT2D eigenvalue weighted by molar-refractivity contribution is -0.139. The molecule has 1 rings (SSSR count). The molecule has 17 heavy (non-hydrogen) atoms. The van der Waals surface area contributed by atoms with Crippen molar-refractivity contribution in [3.8, 4) is 0 Å². The van der Waals surface area contributed by atoms with Gasteiger partial charge in [0.25, 0.3) is 0 Å². The average Bonchev–Trinajstić information content (AvgIpc) is 3.11. The quantitative estimate of drug-likeness (QED) is 0.323. The average molecular weight is 238 g/mol. The van der Waals surface area contributed by atoms with Crippen molar-refractivity contribution in [2.75, 3.05) is 6.61 Å². The Morgan fingerprint density at radius 2 is 1.88 bits per heavy atom. The van der Waals surface area contributed by atoms with Gasteiger partial charge >= 0.3 is 5.97 Å². The van der Waals surface area contributed by atoms with Gasteiger partial charge < -0.3 is 4.74 Å². The van der Waals surface area contributed by atoms with Gasteiger partial charge in [-0.25, -0.2) is 4.79 Å². The molecule has 0 aromatic heterocycles. The highest BCUT2D eigenvalue weighted by molar-refractivity contribution is 5.81. The van der Waals surface area contributed by atoms with Crippen molar-refractivity contribution in [1.82, 2.24) is 0 Å². The molecular formula is C15H26O2. The van der Waals surface area contributed by atoms with Gasteiger partial charge in [0, 0.05) is 11.5 Å². The summed E-state index contributed by atoms with van der Waals surface area (Å²) in [5.41, 5.74) is 0.337. The summed E-state index contributed by atoms with van der Waals surface area (Å²) in [5, 5.41) is 0. The van der Waals surface area contributed by atoms with Gasteiger partial charge in [-0.15, -0.1) is 0 Å². The molecule has 0 atom stereocenters. The second-order valence-corrected chi connectivity index (χ2v) is 5.33. The minimum Gasteiger partial charge on any atom is -0.462 e. The monoisotopic (exact) mass is 238 g/mol. The first-order valence-electron chi connectivity index (χ1n) is 7.02. The molecule has 2 heteroatoms. The van der Waals surface area contributed by atoms with Crippen molar-refractivity contribution in [3.63, 3.8) is 0 Å². The molecule has 0 aromatic rings. The van der Waals surface area contributed by atoms with Gasteiger partial charge in [0.15, 0.2) is 0 Å². The van der Waals surface area contributed by atoms with Crippen LogP contribution in [0, 0.1) is 5.41 Å². The Morgan fingerprint density at radius 1 is 1.24 bits per heavy atom. The van der Waals surface area contributed by atoms with E-state index >= 15 is 0 Å². The Kier molecular flexibility index (Phi) is 6.31. The number of rotatable bonds is 10. The Hall–Kier alpha value is -0.790. The van der Waals surface area contributed by atoms with Crippen LogP contribution in [-0.2, 0) is 9.53 Å². The number of carbonyl (C=O) groups is 1. The van der Waals surface area contributed by atoms with Crippen molar-refractivity contribution in [1.29, 1.82) is 0 Å². The van der Waals surface area contributed by atoms with E-state index in [4.69, 9.17) is 4.74 Å². The maximum absolute atomic E-state index is 11.0. The van der Waals surface area contributed by atoms with Crippen LogP contribution < -0.4 is 0 Å². The molecule has 1 aliphatic rings. The maximum Gasteiger partial charge on any atom is 0.330 e. The van der Waals surface area contributed by atoms with E-state index in [0.29, 0.717) is 12.0 Å². The highest BCUT2D eigenvalue weighted by Gasteiger charge is 2.42. The van der Waals surface area contributed by atoms with E-state index in [1.54, 1.807) is 0 Å². The van der Waals surface area contributed by atoms with E-state index in [9.17, 15) is 4.79 Å². The zero-order valence-electron chi connectivity index (χ0n) is 11.2. The second-order valence-electron chi connectivity index (χ2n) is 5.33. The van der Waals surface area contributed by atoms with E-state index in [0.717, 1.165) is 0 Å². The molecule has 2 nitrogen and oxygen atoms in total. The fourth-order valence-corrected chi connectivity index (χ4v) is 2.21. The topological polar surface area (TPSA) is 26.3 Å². The minimum atomic E-state index is -0.278. The Labute approximate surface area is 105 Å². The molecule has 0 bridgehead atoms. The summed E-state index contributed by atoms with van der Waals surface area (Å²) in [5.74, 6) is -0.278. The number of carbonyl (C=O) groups excluding carboxylic acids is 1. The molecule has 0 aromatic carbocycles. The predicted molar refractivity (Wildman–Crippen MR) is 70.8 cm³/mol. The lowest BCUT2D eigenvalue weighted by atomic mass is 9.98. The van der Waals surface area contributed by atoms with E-state index in [1.807, 2.05) is 0 Å². The number of hydrogen-bond donors (Lipinski definition) is 0. The number of unbranched alkanes of at least 4 members (excludes halogenated alkanes) is 5. The molecule has 0 heterocycles.